The van der Waals surface area contributed by atoms with Gasteiger partial charge in [0, 0.05) is 30.5 Å². The van der Waals surface area contributed by atoms with Crippen LogP contribution < -0.4 is 4.74 Å². The highest BCUT2D eigenvalue weighted by Crippen LogP contribution is 2.31. The van der Waals surface area contributed by atoms with E-state index in [1.54, 1.807) is 7.11 Å². The molecule has 0 spiro atoms. The summed E-state index contributed by atoms with van der Waals surface area (Å²) in [5.41, 5.74) is 0.328. The molecule has 7 heteroatoms. The van der Waals surface area contributed by atoms with Gasteiger partial charge in [0.2, 0.25) is 17.6 Å². The number of alkyl halides is 1. The summed E-state index contributed by atoms with van der Waals surface area (Å²) in [5.74, 6) is 2.53. The van der Waals surface area contributed by atoms with Gasteiger partial charge in [0.1, 0.15) is 5.75 Å². The van der Waals surface area contributed by atoms with Crippen LogP contribution in [0.3, 0.4) is 0 Å². The van der Waals surface area contributed by atoms with Gasteiger partial charge >= 0.3 is 0 Å². The highest BCUT2D eigenvalue weighted by molar-refractivity contribution is 6.19. The Bertz CT molecular complexity index is 767. The predicted molar refractivity (Wildman–Crippen MR) is 99.3 cm³/mol. The summed E-state index contributed by atoms with van der Waals surface area (Å²) in [5, 5.41) is 4.10. The zero-order valence-electron chi connectivity index (χ0n) is 15.4. The number of carbonyl (C=O) groups is 1. The number of amides is 1. The van der Waals surface area contributed by atoms with Gasteiger partial charge in [-0.2, -0.15) is 4.98 Å². The van der Waals surface area contributed by atoms with Crippen molar-refractivity contribution in [2.24, 2.45) is 5.41 Å². The summed E-state index contributed by atoms with van der Waals surface area (Å²) in [6, 6.07) is 7.57. The van der Waals surface area contributed by atoms with E-state index in [1.807, 2.05) is 43.0 Å². The van der Waals surface area contributed by atoms with Crippen molar-refractivity contribution in [2.45, 2.75) is 32.6 Å². The molecule has 1 fully saturated rings. The normalized spacial score (nSPS) is 15.9. The second kappa shape index (κ2) is 7.66. The molecule has 2 aromatic rings. The first-order valence-electron chi connectivity index (χ1n) is 8.78. The molecule has 1 aromatic heterocycles. The molecule has 3 rings (SSSR count). The summed E-state index contributed by atoms with van der Waals surface area (Å²) in [7, 11) is 1.63. The Morgan fingerprint density at radius 3 is 2.77 bits per heavy atom. The zero-order valence-corrected chi connectivity index (χ0v) is 16.1. The molecule has 0 N–H and O–H groups in total. The number of halogens is 1. The maximum Gasteiger partial charge on any atom is 0.230 e. The van der Waals surface area contributed by atoms with Gasteiger partial charge in [0.15, 0.2) is 0 Å². The number of ether oxygens (including phenoxy) is 1. The summed E-state index contributed by atoms with van der Waals surface area (Å²) in [6.45, 7) is 5.13. The molecule has 1 aliphatic rings. The molecule has 0 bridgehead atoms. The number of hydrogen-bond donors (Lipinski definition) is 0. The van der Waals surface area contributed by atoms with Crippen molar-refractivity contribution in [3.05, 3.63) is 30.2 Å². The quantitative estimate of drug-likeness (QED) is 0.743. The van der Waals surface area contributed by atoms with E-state index in [0.717, 1.165) is 24.2 Å². The van der Waals surface area contributed by atoms with Crippen LogP contribution in [0.4, 0.5) is 0 Å². The molecular weight excluding hydrogens is 354 g/mol. The minimum absolute atomic E-state index is 0.105. The SMILES string of the molecule is COc1cccc(-c2noc(C3CCN(C(=O)C(C)(C)CCl)CC3)n2)c1. The van der Waals surface area contributed by atoms with Crippen molar-refractivity contribution >= 4 is 17.5 Å². The molecule has 0 saturated carbocycles. The highest BCUT2D eigenvalue weighted by atomic mass is 35.5. The molecule has 1 amide bonds. The van der Waals surface area contributed by atoms with E-state index >= 15 is 0 Å². The molecule has 0 aliphatic carbocycles. The average Bonchev–Trinajstić information content (AvgIpc) is 3.18. The van der Waals surface area contributed by atoms with Crippen molar-refractivity contribution in [2.75, 3.05) is 26.1 Å². The standard InChI is InChI=1S/C19H24ClN3O3/c1-19(2,12-20)18(24)23-9-7-13(8-10-23)17-21-16(22-26-17)14-5-4-6-15(11-14)25-3/h4-6,11,13H,7-10,12H2,1-3H3. The molecule has 26 heavy (non-hydrogen) atoms. The minimum Gasteiger partial charge on any atom is -0.497 e. The van der Waals surface area contributed by atoms with Crippen molar-refractivity contribution < 1.29 is 14.1 Å². The second-order valence-electron chi connectivity index (χ2n) is 7.27. The lowest BCUT2D eigenvalue weighted by Crippen LogP contribution is -2.45. The summed E-state index contributed by atoms with van der Waals surface area (Å²) >= 11 is 5.92. The maximum atomic E-state index is 12.5. The number of hydrogen-bond acceptors (Lipinski definition) is 5. The number of rotatable bonds is 5. The fourth-order valence-corrected chi connectivity index (χ4v) is 3.21. The number of benzene rings is 1. The lowest BCUT2D eigenvalue weighted by molar-refractivity contribution is -0.140. The van der Waals surface area contributed by atoms with Crippen LogP contribution in [0, 0.1) is 5.41 Å². The van der Waals surface area contributed by atoms with Gasteiger partial charge in [0.25, 0.3) is 0 Å². The molecule has 2 heterocycles. The number of nitrogens with zero attached hydrogens (tertiary/aromatic N) is 3. The molecule has 0 radical (unpaired) electrons. The van der Waals surface area contributed by atoms with Gasteiger partial charge in [0.05, 0.1) is 12.5 Å². The van der Waals surface area contributed by atoms with Crippen molar-refractivity contribution in [3.8, 4) is 17.1 Å². The van der Waals surface area contributed by atoms with Gasteiger partial charge in [-0.05, 0) is 38.8 Å². The average molecular weight is 378 g/mol. The number of likely N-dealkylation sites (tertiary alicyclic amines) is 1. The Morgan fingerprint density at radius 2 is 2.12 bits per heavy atom. The van der Waals surface area contributed by atoms with Crippen molar-refractivity contribution in [1.82, 2.24) is 15.0 Å². The first kappa shape index (κ1) is 18.7. The van der Waals surface area contributed by atoms with Crippen LogP contribution in [-0.4, -0.2) is 47.0 Å². The first-order chi connectivity index (χ1) is 12.4. The molecule has 1 aliphatic heterocycles. The van der Waals surface area contributed by atoms with Gasteiger partial charge in [-0.1, -0.05) is 17.3 Å². The van der Waals surface area contributed by atoms with Crippen LogP contribution in [0.15, 0.2) is 28.8 Å². The van der Waals surface area contributed by atoms with Crippen LogP contribution in [0.5, 0.6) is 5.75 Å². The summed E-state index contributed by atoms with van der Waals surface area (Å²) in [6.07, 6.45) is 1.62. The van der Waals surface area contributed by atoms with E-state index in [0.29, 0.717) is 30.7 Å². The van der Waals surface area contributed by atoms with Gasteiger partial charge in [-0.25, -0.2) is 0 Å². The number of carbonyl (C=O) groups excluding carboxylic acids is 1. The van der Waals surface area contributed by atoms with E-state index in [-0.39, 0.29) is 11.8 Å². The summed E-state index contributed by atoms with van der Waals surface area (Å²) < 4.78 is 10.7. The van der Waals surface area contributed by atoms with Crippen LogP contribution >= 0.6 is 11.6 Å². The number of piperidine rings is 1. The zero-order chi connectivity index (χ0) is 18.7. The number of methoxy groups -OCH3 is 1. The fourth-order valence-electron chi connectivity index (χ4n) is 3.10. The lowest BCUT2D eigenvalue weighted by atomic mass is 9.91. The Labute approximate surface area is 158 Å². The number of aromatic nitrogens is 2. The van der Waals surface area contributed by atoms with Crippen LogP contribution in [0.25, 0.3) is 11.4 Å². The van der Waals surface area contributed by atoms with E-state index in [9.17, 15) is 4.79 Å². The predicted octanol–water partition coefficient (Wildman–Crippen LogP) is 3.72. The lowest BCUT2D eigenvalue weighted by Gasteiger charge is -2.35. The summed E-state index contributed by atoms with van der Waals surface area (Å²) in [4.78, 5) is 19.0. The topological polar surface area (TPSA) is 68.5 Å². The minimum atomic E-state index is -0.529. The molecule has 6 nitrogen and oxygen atoms in total. The first-order valence-corrected chi connectivity index (χ1v) is 9.31. The fraction of sp³-hybridized carbons (Fsp3) is 0.526. The van der Waals surface area contributed by atoms with E-state index in [1.165, 1.54) is 0 Å². The third-order valence-electron chi connectivity index (χ3n) is 4.81. The molecule has 1 saturated heterocycles. The second-order valence-corrected chi connectivity index (χ2v) is 7.54. The van der Waals surface area contributed by atoms with E-state index < -0.39 is 5.41 Å². The van der Waals surface area contributed by atoms with E-state index in [4.69, 9.17) is 20.9 Å². The molecule has 140 valence electrons. The monoisotopic (exact) mass is 377 g/mol. The molecule has 1 aromatic carbocycles. The van der Waals surface area contributed by atoms with Crippen LogP contribution in [-0.2, 0) is 4.79 Å². The van der Waals surface area contributed by atoms with E-state index in [2.05, 4.69) is 10.1 Å². The van der Waals surface area contributed by atoms with Crippen molar-refractivity contribution in [3.63, 3.8) is 0 Å². The largest absolute Gasteiger partial charge is 0.497 e. The molecule has 0 unspecified atom stereocenters. The van der Waals surface area contributed by atoms with Gasteiger partial charge in [-0.15, -0.1) is 11.6 Å². The smallest absolute Gasteiger partial charge is 0.230 e. The Hall–Kier alpha value is -2.08. The molecular formula is C19H24ClN3O3. The van der Waals surface area contributed by atoms with Crippen LogP contribution in [0.2, 0.25) is 0 Å². The van der Waals surface area contributed by atoms with Crippen LogP contribution in [0.1, 0.15) is 38.5 Å². The molecule has 0 atom stereocenters. The van der Waals surface area contributed by atoms with Gasteiger partial charge in [-0.3, -0.25) is 4.79 Å². The third kappa shape index (κ3) is 3.85. The third-order valence-corrected chi connectivity index (χ3v) is 5.48. The Morgan fingerprint density at radius 1 is 1.38 bits per heavy atom. The highest BCUT2D eigenvalue weighted by Gasteiger charge is 2.34. The Kier molecular flexibility index (Phi) is 5.51. The Balaban J connectivity index is 1.65. The van der Waals surface area contributed by atoms with Gasteiger partial charge < -0.3 is 14.2 Å². The maximum absolute atomic E-state index is 12.5. The van der Waals surface area contributed by atoms with Crippen molar-refractivity contribution in [1.29, 1.82) is 0 Å².